The Morgan fingerprint density at radius 2 is 2.21 bits per heavy atom. The van der Waals surface area contributed by atoms with Gasteiger partial charge >= 0.3 is 5.97 Å². The minimum Gasteiger partial charge on any atom is -0.481 e. The number of carboxylic acid groups (broad SMARTS) is 1. The smallest absolute Gasteiger partial charge is 0.308 e. The van der Waals surface area contributed by atoms with Gasteiger partial charge in [0, 0.05) is 18.0 Å². The van der Waals surface area contributed by atoms with Crippen molar-refractivity contribution in [3.05, 3.63) is 23.5 Å². The highest BCUT2D eigenvalue weighted by Gasteiger charge is 2.25. The van der Waals surface area contributed by atoms with Crippen LogP contribution in [0, 0.1) is 5.92 Å². The standard InChI is InChI=1S/C11H12ClN5O2/c1-6(11(18)19)7(2)17-10(14-15-16-17)8-3-4-13-5-9(8)12/h3-7H,1-2H3,(H,18,19). The molecule has 2 rings (SSSR count). The molecule has 0 spiro atoms. The Balaban J connectivity index is 2.44. The van der Waals surface area contributed by atoms with Crippen molar-refractivity contribution in [2.24, 2.45) is 5.92 Å². The van der Waals surface area contributed by atoms with E-state index in [0.717, 1.165) is 0 Å². The number of aliphatic carboxylic acids is 1. The van der Waals surface area contributed by atoms with Gasteiger partial charge in [-0.05, 0) is 30.3 Å². The van der Waals surface area contributed by atoms with E-state index in [0.29, 0.717) is 16.4 Å². The van der Waals surface area contributed by atoms with Gasteiger partial charge in [0.25, 0.3) is 0 Å². The summed E-state index contributed by atoms with van der Waals surface area (Å²) in [6.45, 7) is 3.35. The van der Waals surface area contributed by atoms with Crippen molar-refractivity contribution < 1.29 is 9.90 Å². The van der Waals surface area contributed by atoms with E-state index in [4.69, 9.17) is 16.7 Å². The van der Waals surface area contributed by atoms with Gasteiger partial charge in [-0.2, -0.15) is 0 Å². The van der Waals surface area contributed by atoms with Crippen molar-refractivity contribution in [2.75, 3.05) is 0 Å². The summed E-state index contributed by atoms with van der Waals surface area (Å²) in [5.74, 6) is -1.11. The van der Waals surface area contributed by atoms with Crippen LogP contribution in [0.3, 0.4) is 0 Å². The lowest BCUT2D eigenvalue weighted by molar-refractivity contribution is -0.142. The summed E-state index contributed by atoms with van der Waals surface area (Å²) in [5.41, 5.74) is 0.617. The molecule has 2 aromatic rings. The number of carboxylic acids is 1. The molecule has 7 nitrogen and oxygen atoms in total. The fourth-order valence-corrected chi connectivity index (χ4v) is 1.82. The van der Waals surface area contributed by atoms with Crippen LogP contribution < -0.4 is 0 Å². The molecule has 0 aliphatic rings. The molecule has 0 aliphatic carbocycles. The summed E-state index contributed by atoms with van der Waals surface area (Å²) < 4.78 is 1.46. The van der Waals surface area contributed by atoms with Crippen molar-refractivity contribution in [1.29, 1.82) is 0 Å². The van der Waals surface area contributed by atoms with Crippen molar-refractivity contribution in [2.45, 2.75) is 19.9 Å². The summed E-state index contributed by atoms with van der Waals surface area (Å²) in [5, 5.41) is 20.8. The predicted molar refractivity (Wildman–Crippen MR) is 67.6 cm³/mol. The summed E-state index contributed by atoms with van der Waals surface area (Å²) in [4.78, 5) is 14.9. The van der Waals surface area contributed by atoms with Gasteiger partial charge in [-0.15, -0.1) is 5.10 Å². The number of nitrogens with zero attached hydrogens (tertiary/aromatic N) is 5. The van der Waals surface area contributed by atoms with Gasteiger partial charge < -0.3 is 5.11 Å². The zero-order valence-corrected chi connectivity index (χ0v) is 11.1. The van der Waals surface area contributed by atoms with Crippen molar-refractivity contribution in [3.8, 4) is 11.4 Å². The van der Waals surface area contributed by atoms with Gasteiger partial charge in [0.05, 0.1) is 17.0 Å². The minimum atomic E-state index is -0.908. The number of aromatic nitrogens is 5. The third-order valence-electron chi connectivity index (χ3n) is 3.01. The van der Waals surface area contributed by atoms with Gasteiger partial charge in [0.2, 0.25) is 0 Å². The van der Waals surface area contributed by atoms with Crippen LogP contribution in [0.4, 0.5) is 0 Å². The maximum Gasteiger partial charge on any atom is 0.308 e. The molecule has 2 atom stereocenters. The average Bonchev–Trinajstić information content (AvgIpc) is 2.86. The molecule has 2 heterocycles. The lowest BCUT2D eigenvalue weighted by Crippen LogP contribution is -2.23. The molecule has 8 heteroatoms. The van der Waals surface area contributed by atoms with E-state index in [-0.39, 0.29) is 0 Å². The summed E-state index contributed by atoms with van der Waals surface area (Å²) in [7, 11) is 0. The predicted octanol–water partition coefficient (Wildman–Crippen LogP) is 1.67. The highest BCUT2D eigenvalue weighted by Crippen LogP contribution is 2.28. The molecule has 100 valence electrons. The van der Waals surface area contributed by atoms with E-state index < -0.39 is 17.9 Å². The van der Waals surface area contributed by atoms with Crippen LogP contribution in [0.5, 0.6) is 0 Å². The van der Waals surface area contributed by atoms with Crippen molar-refractivity contribution in [3.63, 3.8) is 0 Å². The van der Waals surface area contributed by atoms with Crippen LogP contribution in [-0.2, 0) is 4.79 Å². The maximum atomic E-state index is 11.0. The first-order valence-corrected chi connectivity index (χ1v) is 6.00. The zero-order valence-electron chi connectivity index (χ0n) is 10.4. The first-order valence-electron chi connectivity index (χ1n) is 5.63. The Morgan fingerprint density at radius 3 is 2.84 bits per heavy atom. The fourth-order valence-electron chi connectivity index (χ4n) is 1.62. The molecule has 0 radical (unpaired) electrons. The Kier molecular flexibility index (Phi) is 3.75. The van der Waals surface area contributed by atoms with E-state index in [1.807, 2.05) is 0 Å². The molecule has 0 saturated carbocycles. The van der Waals surface area contributed by atoms with E-state index in [1.165, 1.54) is 10.9 Å². The number of hydrogen-bond acceptors (Lipinski definition) is 5. The normalized spacial score (nSPS) is 14.1. The number of pyridine rings is 1. The van der Waals surface area contributed by atoms with Crippen LogP contribution in [0.25, 0.3) is 11.4 Å². The quantitative estimate of drug-likeness (QED) is 0.916. The Morgan fingerprint density at radius 1 is 1.47 bits per heavy atom. The highest BCUT2D eigenvalue weighted by molar-refractivity contribution is 6.33. The van der Waals surface area contributed by atoms with E-state index in [1.54, 1.807) is 26.1 Å². The molecule has 0 fully saturated rings. The molecule has 0 aromatic carbocycles. The molecule has 0 bridgehead atoms. The number of rotatable bonds is 4. The minimum absolute atomic E-state index is 0.397. The lowest BCUT2D eigenvalue weighted by Gasteiger charge is -2.17. The fraction of sp³-hybridized carbons (Fsp3) is 0.364. The second kappa shape index (κ2) is 5.31. The van der Waals surface area contributed by atoms with E-state index >= 15 is 0 Å². The summed E-state index contributed by atoms with van der Waals surface area (Å²) >= 11 is 6.05. The molecule has 2 unspecified atom stereocenters. The van der Waals surface area contributed by atoms with E-state index in [9.17, 15) is 4.79 Å². The number of halogens is 1. The largest absolute Gasteiger partial charge is 0.481 e. The average molecular weight is 282 g/mol. The van der Waals surface area contributed by atoms with Crippen LogP contribution in [0.15, 0.2) is 18.5 Å². The molecular formula is C11H12ClN5O2. The monoisotopic (exact) mass is 281 g/mol. The second-order valence-corrected chi connectivity index (χ2v) is 4.58. The maximum absolute atomic E-state index is 11.0. The molecule has 0 amide bonds. The second-order valence-electron chi connectivity index (χ2n) is 4.17. The van der Waals surface area contributed by atoms with Gasteiger partial charge in [-0.25, -0.2) is 4.68 Å². The third-order valence-corrected chi connectivity index (χ3v) is 3.31. The summed E-state index contributed by atoms with van der Waals surface area (Å²) in [6.07, 6.45) is 3.06. The van der Waals surface area contributed by atoms with Gasteiger partial charge in [0.15, 0.2) is 5.82 Å². The van der Waals surface area contributed by atoms with Crippen LogP contribution in [-0.4, -0.2) is 36.3 Å². The number of hydrogen-bond donors (Lipinski definition) is 1. The van der Waals surface area contributed by atoms with E-state index in [2.05, 4.69) is 20.5 Å². The third kappa shape index (κ3) is 2.55. The molecule has 0 aliphatic heterocycles. The van der Waals surface area contributed by atoms with Gasteiger partial charge in [-0.3, -0.25) is 9.78 Å². The first-order chi connectivity index (χ1) is 9.02. The number of carbonyl (C=O) groups is 1. The zero-order chi connectivity index (χ0) is 14.0. The SMILES string of the molecule is CC(C(=O)O)C(C)n1nnnc1-c1ccncc1Cl. The van der Waals surface area contributed by atoms with Crippen LogP contribution in [0.1, 0.15) is 19.9 Å². The molecule has 1 N–H and O–H groups in total. The molecule has 19 heavy (non-hydrogen) atoms. The number of tetrazole rings is 1. The Bertz CT molecular complexity index is 600. The van der Waals surface area contributed by atoms with Crippen LogP contribution >= 0.6 is 11.6 Å². The highest BCUT2D eigenvalue weighted by atomic mass is 35.5. The molecule has 0 saturated heterocycles. The summed E-state index contributed by atoms with van der Waals surface area (Å²) in [6, 6.07) is 1.29. The van der Waals surface area contributed by atoms with Crippen molar-refractivity contribution >= 4 is 17.6 Å². The Hall–Kier alpha value is -2.02. The lowest BCUT2D eigenvalue weighted by atomic mass is 10.0. The van der Waals surface area contributed by atoms with Gasteiger partial charge in [-0.1, -0.05) is 11.6 Å². The van der Waals surface area contributed by atoms with Gasteiger partial charge in [0.1, 0.15) is 0 Å². The molecule has 2 aromatic heterocycles. The van der Waals surface area contributed by atoms with Crippen LogP contribution in [0.2, 0.25) is 5.02 Å². The van der Waals surface area contributed by atoms with Crippen molar-refractivity contribution in [1.82, 2.24) is 25.2 Å². The first kappa shape index (κ1) is 13.4. The molecular weight excluding hydrogens is 270 g/mol. The topological polar surface area (TPSA) is 93.8 Å². The Labute approximate surface area is 114 Å².